The number of non-ortho nitro benzene ring substituents is 1. The molecule has 0 fully saturated rings. The van der Waals surface area contributed by atoms with E-state index < -0.39 is 28.7 Å². The Hall–Kier alpha value is -3.69. The minimum absolute atomic E-state index is 0.108. The molecule has 2 N–H and O–H groups in total. The number of ether oxygens (including phenoxy) is 2. The number of aromatic amines is 1. The first kappa shape index (κ1) is 19.1. The van der Waals surface area contributed by atoms with Crippen molar-refractivity contribution in [3.8, 4) is 0 Å². The van der Waals surface area contributed by atoms with Gasteiger partial charge in [0, 0.05) is 12.1 Å². The smallest absolute Gasteiger partial charge is 0.431 e. The molecular weight excluding hydrogens is 368 g/mol. The van der Waals surface area contributed by atoms with Crippen molar-refractivity contribution in [2.24, 2.45) is 0 Å². The van der Waals surface area contributed by atoms with Crippen LogP contribution in [0.1, 0.15) is 37.8 Å². The maximum absolute atomic E-state index is 12.5. The van der Waals surface area contributed by atoms with Crippen LogP contribution in [0.2, 0.25) is 0 Å². The minimum Gasteiger partial charge on any atom is -0.431 e. The van der Waals surface area contributed by atoms with E-state index in [0.717, 1.165) is 0 Å². The molecule has 3 rings (SSSR count). The highest BCUT2D eigenvalue weighted by atomic mass is 16.7. The summed E-state index contributed by atoms with van der Waals surface area (Å²) in [6, 6.07) is 5.78. The molecule has 2 aromatic rings. The Kier molecular flexibility index (Phi) is 5.12. The Bertz CT molecular complexity index is 1030. The molecule has 1 unspecified atom stereocenters. The van der Waals surface area contributed by atoms with Crippen molar-refractivity contribution in [3.05, 3.63) is 73.6 Å². The van der Waals surface area contributed by atoms with E-state index in [2.05, 4.69) is 15.3 Å². The molecule has 0 saturated carbocycles. The maximum Gasteiger partial charge on any atom is 0.513 e. The number of nitro benzene ring substituents is 1. The third-order valence-electron chi connectivity index (χ3n) is 4.05. The van der Waals surface area contributed by atoms with Crippen molar-refractivity contribution >= 4 is 17.7 Å². The molecule has 1 aromatic carbocycles. The number of hydrogen-bond acceptors (Lipinski definition) is 8. The molecule has 2 heterocycles. The van der Waals surface area contributed by atoms with Gasteiger partial charge in [-0.15, -0.1) is 0 Å². The van der Waals surface area contributed by atoms with Gasteiger partial charge in [0.15, 0.2) is 0 Å². The fourth-order valence-electron chi connectivity index (χ4n) is 2.94. The monoisotopic (exact) mass is 386 g/mol. The number of benzene rings is 1. The number of fused-ring (bicyclic) bond motifs is 1. The molecule has 1 aromatic heterocycles. The summed E-state index contributed by atoms with van der Waals surface area (Å²) in [6.45, 7) is 4.99. The van der Waals surface area contributed by atoms with Gasteiger partial charge in [0.25, 0.3) is 11.2 Å². The lowest BCUT2D eigenvalue weighted by molar-refractivity contribution is -0.384. The van der Waals surface area contributed by atoms with Crippen LogP contribution >= 0.6 is 0 Å². The fourth-order valence-corrected chi connectivity index (χ4v) is 2.94. The molecule has 10 nitrogen and oxygen atoms in total. The van der Waals surface area contributed by atoms with E-state index in [4.69, 9.17) is 9.47 Å². The van der Waals surface area contributed by atoms with Gasteiger partial charge in [0.1, 0.15) is 11.6 Å². The lowest BCUT2D eigenvalue weighted by Crippen LogP contribution is -2.29. The highest BCUT2D eigenvalue weighted by Crippen LogP contribution is 2.40. The Balaban J connectivity index is 2.15. The Morgan fingerprint density at radius 1 is 1.36 bits per heavy atom. The number of hydrogen-bond donors (Lipinski definition) is 2. The van der Waals surface area contributed by atoms with Gasteiger partial charge in [0.2, 0.25) is 0 Å². The number of allylic oxidation sites excluding steroid dienone is 2. The molecule has 0 bridgehead atoms. The largest absolute Gasteiger partial charge is 0.513 e. The van der Waals surface area contributed by atoms with Gasteiger partial charge in [0.05, 0.1) is 34.5 Å². The van der Waals surface area contributed by atoms with Crippen molar-refractivity contribution in [1.82, 2.24) is 9.97 Å². The lowest BCUT2D eigenvalue weighted by Gasteiger charge is -2.28. The van der Waals surface area contributed by atoms with Gasteiger partial charge in [-0.1, -0.05) is 12.1 Å². The number of nitrogens with one attached hydrogen (secondary N) is 2. The van der Waals surface area contributed by atoms with Crippen LogP contribution in [0.15, 0.2) is 46.8 Å². The molecule has 0 radical (unpaired) electrons. The van der Waals surface area contributed by atoms with Gasteiger partial charge in [-0.05, 0) is 26.3 Å². The van der Waals surface area contributed by atoms with Crippen LogP contribution < -0.4 is 10.9 Å². The number of H-pyrrole nitrogens is 1. The topological polar surface area (TPSA) is 136 Å². The van der Waals surface area contributed by atoms with E-state index in [0.29, 0.717) is 11.3 Å². The summed E-state index contributed by atoms with van der Waals surface area (Å²) < 4.78 is 10.4. The van der Waals surface area contributed by atoms with Crippen LogP contribution in [0, 0.1) is 10.1 Å². The van der Waals surface area contributed by atoms with Crippen molar-refractivity contribution in [1.29, 1.82) is 0 Å². The number of anilines is 1. The summed E-state index contributed by atoms with van der Waals surface area (Å²) in [5.74, 6) is -0.493. The maximum atomic E-state index is 12.5. The molecule has 0 amide bonds. The second-order valence-corrected chi connectivity index (χ2v) is 6.41. The number of aromatic nitrogens is 2. The Morgan fingerprint density at radius 2 is 2.11 bits per heavy atom. The molecule has 146 valence electrons. The number of rotatable bonds is 4. The van der Waals surface area contributed by atoms with Crippen LogP contribution in [0.3, 0.4) is 0 Å². The van der Waals surface area contributed by atoms with Crippen molar-refractivity contribution in [2.75, 3.05) is 5.32 Å². The van der Waals surface area contributed by atoms with Crippen molar-refractivity contribution in [2.45, 2.75) is 32.8 Å². The zero-order chi connectivity index (χ0) is 20.4. The summed E-state index contributed by atoms with van der Waals surface area (Å²) in [7, 11) is 0. The fraction of sp³-hybridized carbons (Fsp3) is 0.278. The molecule has 1 atom stereocenters. The molecule has 0 spiro atoms. The SMILES string of the molecule is CC1=C(OC(=O)OC(C)C)C(c2cccc([N+](=O)[O-])c2)c2c(nc[nH]c2=O)N1. The average Bonchev–Trinajstić information content (AvgIpc) is 2.62. The van der Waals surface area contributed by atoms with Crippen LogP contribution in [0.5, 0.6) is 0 Å². The third-order valence-corrected chi connectivity index (χ3v) is 4.05. The van der Waals surface area contributed by atoms with E-state index in [-0.39, 0.29) is 22.8 Å². The zero-order valence-electron chi connectivity index (χ0n) is 15.4. The first-order valence-corrected chi connectivity index (χ1v) is 8.46. The van der Waals surface area contributed by atoms with Crippen molar-refractivity contribution in [3.63, 3.8) is 0 Å². The van der Waals surface area contributed by atoms with Crippen LogP contribution in [0.25, 0.3) is 0 Å². The van der Waals surface area contributed by atoms with Crippen LogP contribution in [-0.4, -0.2) is 27.2 Å². The molecule has 1 aliphatic rings. The van der Waals surface area contributed by atoms with Gasteiger partial charge in [-0.2, -0.15) is 0 Å². The molecule has 1 aliphatic heterocycles. The molecule has 0 aliphatic carbocycles. The molecular formula is C18H18N4O6. The Labute approximate surface area is 159 Å². The zero-order valence-corrected chi connectivity index (χ0v) is 15.4. The summed E-state index contributed by atoms with van der Waals surface area (Å²) >= 11 is 0. The van der Waals surface area contributed by atoms with E-state index in [1.54, 1.807) is 26.8 Å². The number of carbonyl (C=O) groups is 1. The normalized spacial score (nSPS) is 15.6. The average molecular weight is 386 g/mol. The standard InChI is InChI=1S/C18H18N4O6/c1-9(2)27-18(24)28-15-10(3)21-16-14(17(23)20-8-19-16)13(15)11-5-4-6-12(7-11)22(25)26/h4-9,13H,1-3H3,(H2,19,20,21,23). The van der Waals surface area contributed by atoms with Gasteiger partial charge >= 0.3 is 6.16 Å². The number of nitro groups is 1. The number of nitrogens with zero attached hydrogens (tertiary/aromatic N) is 2. The predicted molar refractivity (Wildman–Crippen MR) is 98.8 cm³/mol. The Morgan fingerprint density at radius 3 is 2.79 bits per heavy atom. The highest BCUT2D eigenvalue weighted by Gasteiger charge is 2.35. The molecule has 10 heteroatoms. The second-order valence-electron chi connectivity index (χ2n) is 6.41. The summed E-state index contributed by atoms with van der Waals surface area (Å²) in [5.41, 5.74) is 0.408. The summed E-state index contributed by atoms with van der Waals surface area (Å²) in [6.07, 6.45) is -0.103. The minimum atomic E-state index is -0.939. The quantitative estimate of drug-likeness (QED) is 0.465. The summed E-state index contributed by atoms with van der Waals surface area (Å²) in [5, 5.41) is 14.1. The first-order chi connectivity index (χ1) is 13.3. The van der Waals surface area contributed by atoms with Crippen molar-refractivity contribution < 1.29 is 19.2 Å². The lowest BCUT2D eigenvalue weighted by atomic mass is 9.87. The van der Waals surface area contributed by atoms with E-state index in [9.17, 15) is 19.7 Å². The van der Waals surface area contributed by atoms with Gasteiger partial charge in [-0.3, -0.25) is 14.9 Å². The highest BCUT2D eigenvalue weighted by molar-refractivity contribution is 5.66. The van der Waals surface area contributed by atoms with Crippen LogP contribution in [0.4, 0.5) is 16.3 Å². The van der Waals surface area contributed by atoms with E-state index in [1.807, 2.05) is 0 Å². The predicted octanol–water partition coefficient (Wildman–Crippen LogP) is 3.03. The third kappa shape index (κ3) is 3.70. The van der Waals surface area contributed by atoms with Crippen LogP contribution in [-0.2, 0) is 9.47 Å². The van der Waals surface area contributed by atoms with E-state index in [1.165, 1.54) is 24.5 Å². The number of carbonyl (C=O) groups excluding carboxylic acids is 1. The first-order valence-electron chi connectivity index (χ1n) is 8.46. The molecule has 0 saturated heterocycles. The second kappa shape index (κ2) is 7.51. The molecule has 28 heavy (non-hydrogen) atoms. The summed E-state index contributed by atoms with van der Waals surface area (Å²) in [4.78, 5) is 41.9. The van der Waals surface area contributed by atoms with Gasteiger partial charge in [-0.25, -0.2) is 9.78 Å². The van der Waals surface area contributed by atoms with Gasteiger partial charge < -0.3 is 19.8 Å². The van der Waals surface area contributed by atoms with E-state index >= 15 is 0 Å².